The van der Waals surface area contributed by atoms with Gasteiger partial charge in [0, 0.05) is 41.2 Å². The van der Waals surface area contributed by atoms with Crippen LogP contribution >= 0.6 is 11.3 Å². The summed E-state index contributed by atoms with van der Waals surface area (Å²) in [6, 6.07) is 18.6. The summed E-state index contributed by atoms with van der Waals surface area (Å²) in [5.41, 5.74) is 2.58. The fourth-order valence-electron chi connectivity index (χ4n) is 3.74. The van der Waals surface area contributed by atoms with Gasteiger partial charge in [-0.25, -0.2) is 0 Å². The van der Waals surface area contributed by atoms with E-state index >= 15 is 0 Å². The van der Waals surface area contributed by atoms with Crippen LogP contribution in [-0.2, 0) is 4.79 Å². The van der Waals surface area contributed by atoms with Crippen LogP contribution < -0.4 is 10.2 Å². The Morgan fingerprint density at radius 2 is 1.76 bits per heavy atom. The molecule has 1 N–H and O–H groups in total. The van der Waals surface area contributed by atoms with E-state index in [-0.39, 0.29) is 22.4 Å². The second kappa shape index (κ2) is 8.45. The highest BCUT2D eigenvalue weighted by Crippen LogP contribution is 2.34. The third kappa shape index (κ3) is 4.14. The van der Waals surface area contributed by atoms with Gasteiger partial charge in [-0.1, -0.05) is 36.4 Å². The third-order valence-electron chi connectivity index (χ3n) is 5.26. The Kier molecular flexibility index (Phi) is 5.57. The molecule has 7 heteroatoms. The molecule has 0 saturated carbocycles. The Labute approximate surface area is 172 Å². The number of benzene rings is 2. The molecular formula is C22H21N3O3S. The molecule has 1 aliphatic rings. The van der Waals surface area contributed by atoms with Gasteiger partial charge in [-0.05, 0) is 36.4 Å². The molecule has 0 spiro atoms. The number of para-hydroxylation sites is 3. The van der Waals surface area contributed by atoms with Crippen molar-refractivity contribution in [3.8, 4) is 10.4 Å². The van der Waals surface area contributed by atoms with E-state index in [0.717, 1.165) is 16.1 Å². The number of amides is 1. The summed E-state index contributed by atoms with van der Waals surface area (Å²) in [5.74, 6) is -0.0957. The number of rotatable bonds is 5. The quantitative estimate of drug-likeness (QED) is 0.467. The molecule has 1 amide bonds. The zero-order valence-corrected chi connectivity index (χ0v) is 16.6. The van der Waals surface area contributed by atoms with Crippen molar-refractivity contribution in [2.24, 2.45) is 5.92 Å². The number of hydrogen-bond donors (Lipinski definition) is 1. The molecule has 0 aliphatic carbocycles. The van der Waals surface area contributed by atoms with Gasteiger partial charge >= 0.3 is 0 Å². The van der Waals surface area contributed by atoms with Crippen molar-refractivity contribution in [1.82, 2.24) is 0 Å². The second-order valence-electron chi connectivity index (χ2n) is 7.02. The van der Waals surface area contributed by atoms with E-state index in [1.807, 2.05) is 52.7 Å². The van der Waals surface area contributed by atoms with Crippen molar-refractivity contribution in [2.45, 2.75) is 12.8 Å². The monoisotopic (exact) mass is 407 g/mol. The SMILES string of the molecule is O=C(Nc1ccccc1-c1cccs1)C1CCN(c2ccccc2[N+](=O)[O-])CC1. The lowest BCUT2D eigenvalue weighted by molar-refractivity contribution is -0.384. The maximum absolute atomic E-state index is 12.9. The first-order valence-electron chi connectivity index (χ1n) is 9.55. The van der Waals surface area contributed by atoms with Gasteiger partial charge in [0.1, 0.15) is 5.69 Å². The van der Waals surface area contributed by atoms with Crippen LogP contribution in [-0.4, -0.2) is 23.9 Å². The number of carbonyl (C=O) groups is 1. The molecule has 148 valence electrons. The van der Waals surface area contributed by atoms with Crippen molar-refractivity contribution in [2.75, 3.05) is 23.3 Å². The van der Waals surface area contributed by atoms with E-state index in [4.69, 9.17) is 0 Å². The van der Waals surface area contributed by atoms with Gasteiger partial charge in [0.05, 0.1) is 4.92 Å². The first-order valence-corrected chi connectivity index (χ1v) is 10.4. The molecule has 0 atom stereocenters. The highest BCUT2D eigenvalue weighted by molar-refractivity contribution is 7.13. The first kappa shape index (κ1) is 19.1. The van der Waals surface area contributed by atoms with Gasteiger partial charge in [-0.3, -0.25) is 14.9 Å². The molecule has 1 saturated heterocycles. The first-order chi connectivity index (χ1) is 14.1. The summed E-state index contributed by atoms with van der Waals surface area (Å²) in [6.07, 6.45) is 1.33. The summed E-state index contributed by atoms with van der Waals surface area (Å²) in [4.78, 5) is 26.9. The molecule has 4 rings (SSSR count). The van der Waals surface area contributed by atoms with Gasteiger partial charge < -0.3 is 10.2 Å². The van der Waals surface area contributed by atoms with Crippen LogP contribution in [0.2, 0.25) is 0 Å². The van der Waals surface area contributed by atoms with Crippen molar-refractivity contribution in [3.63, 3.8) is 0 Å². The lowest BCUT2D eigenvalue weighted by Crippen LogP contribution is -2.38. The average Bonchev–Trinajstić information content (AvgIpc) is 3.29. The number of thiophene rings is 1. The number of nitro groups is 1. The smallest absolute Gasteiger partial charge is 0.292 e. The molecule has 0 radical (unpaired) electrons. The fraction of sp³-hybridized carbons (Fsp3) is 0.227. The summed E-state index contributed by atoms with van der Waals surface area (Å²) >= 11 is 1.64. The molecule has 3 aromatic rings. The van der Waals surface area contributed by atoms with Crippen molar-refractivity contribution in [3.05, 3.63) is 76.2 Å². The maximum atomic E-state index is 12.9. The van der Waals surface area contributed by atoms with E-state index in [1.54, 1.807) is 23.5 Å². The predicted octanol–water partition coefficient (Wildman–Crippen LogP) is 5.18. The summed E-state index contributed by atoms with van der Waals surface area (Å²) in [5, 5.41) is 16.4. The van der Waals surface area contributed by atoms with E-state index in [0.29, 0.717) is 31.6 Å². The van der Waals surface area contributed by atoms with Crippen LogP contribution in [0.15, 0.2) is 66.0 Å². The number of nitrogens with one attached hydrogen (secondary N) is 1. The summed E-state index contributed by atoms with van der Waals surface area (Å²) in [6.45, 7) is 1.24. The molecular weight excluding hydrogens is 386 g/mol. The number of carbonyl (C=O) groups excluding carboxylic acids is 1. The lowest BCUT2D eigenvalue weighted by atomic mass is 9.95. The molecule has 29 heavy (non-hydrogen) atoms. The number of piperidine rings is 1. The van der Waals surface area contributed by atoms with Gasteiger partial charge in [-0.2, -0.15) is 0 Å². The zero-order chi connectivity index (χ0) is 20.2. The number of nitro benzene ring substituents is 1. The van der Waals surface area contributed by atoms with Crippen LogP contribution in [0, 0.1) is 16.0 Å². The van der Waals surface area contributed by atoms with Gasteiger partial charge in [-0.15, -0.1) is 11.3 Å². The van der Waals surface area contributed by atoms with E-state index in [9.17, 15) is 14.9 Å². The van der Waals surface area contributed by atoms with Crippen LogP contribution in [0.4, 0.5) is 17.1 Å². The topological polar surface area (TPSA) is 75.5 Å². The molecule has 2 aromatic carbocycles. The number of anilines is 2. The largest absolute Gasteiger partial charge is 0.366 e. The zero-order valence-electron chi connectivity index (χ0n) is 15.8. The normalized spacial score (nSPS) is 14.6. The maximum Gasteiger partial charge on any atom is 0.292 e. The molecule has 0 bridgehead atoms. The minimum Gasteiger partial charge on any atom is -0.366 e. The fourth-order valence-corrected chi connectivity index (χ4v) is 4.51. The van der Waals surface area contributed by atoms with E-state index in [2.05, 4.69) is 5.32 Å². The molecule has 6 nitrogen and oxygen atoms in total. The highest BCUT2D eigenvalue weighted by Gasteiger charge is 2.28. The van der Waals surface area contributed by atoms with Gasteiger partial charge in [0.15, 0.2) is 0 Å². The predicted molar refractivity (Wildman–Crippen MR) is 116 cm³/mol. The summed E-state index contributed by atoms with van der Waals surface area (Å²) < 4.78 is 0. The minimum absolute atomic E-state index is 0.0104. The van der Waals surface area contributed by atoms with Crippen molar-refractivity contribution >= 4 is 34.3 Å². The minimum atomic E-state index is -0.352. The van der Waals surface area contributed by atoms with E-state index < -0.39 is 0 Å². The van der Waals surface area contributed by atoms with Gasteiger partial charge in [0.25, 0.3) is 5.69 Å². The molecule has 0 unspecified atom stereocenters. The van der Waals surface area contributed by atoms with Crippen LogP contribution in [0.1, 0.15) is 12.8 Å². The van der Waals surface area contributed by atoms with E-state index in [1.165, 1.54) is 6.07 Å². The Balaban J connectivity index is 1.43. The van der Waals surface area contributed by atoms with Crippen molar-refractivity contribution in [1.29, 1.82) is 0 Å². The Hall–Kier alpha value is -3.19. The summed E-state index contributed by atoms with van der Waals surface area (Å²) in [7, 11) is 0. The standard InChI is InChI=1S/C22H21N3O3S/c26-22(23-18-7-2-1-6-17(18)21-10-5-15-29-21)16-11-13-24(14-12-16)19-8-3-4-9-20(19)25(27)28/h1-10,15-16H,11-14H2,(H,23,26). The lowest BCUT2D eigenvalue weighted by Gasteiger charge is -2.32. The van der Waals surface area contributed by atoms with Crippen LogP contribution in [0.3, 0.4) is 0 Å². The average molecular weight is 407 g/mol. The highest BCUT2D eigenvalue weighted by atomic mass is 32.1. The Morgan fingerprint density at radius 3 is 2.48 bits per heavy atom. The van der Waals surface area contributed by atoms with Gasteiger partial charge in [0.2, 0.25) is 5.91 Å². The van der Waals surface area contributed by atoms with Crippen LogP contribution in [0.5, 0.6) is 0 Å². The molecule has 1 aromatic heterocycles. The Morgan fingerprint density at radius 1 is 1.03 bits per heavy atom. The Bertz CT molecular complexity index is 1010. The molecule has 1 fully saturated rings. The van der Waals surface area contributed by atoms with Crippen molar-refractivity contribution < 1.29 is 9.72 Å². The molecule has 2 heterocycles. The number of hydrogen-bond acceptors (Lipinski definition) is 5. The van der Waals surface area contributed by atoms with Crippen LogP contribution in [0.25, 0.3) is 10.4 Å². The second-order valence-corrected chi connectivity index (χ2v) is 7.97. The molecule has 1 aliphatic heterocycles. The third-order valence-corrected chi connectivity index (χ3v) is 6.16. The number of nitrogens with zero attached hydrogens (tertiary/aromatic N) is 2.